The SMILES string of the molecule is CN=C(NCCCCN1CCCC1)NC1CN(C(=O)OC(C)(C)C)C1. The second-order valence-electron chi connectivity index (χ2n) is 7.98. The maximum Gasteiger partial charge on any atom is 0.410 e. The van der Waals surface area contributed by atoms with E-state index >= 15 is 0 Å². The molecule has 7 nitrogen and oxygen atoms in total. The number of likely N-dealkylation sites (tertiary alicyclic amines) is 2. The number of nitrogens with zero attached hydrogens (tertiary/aromatic N) is 3. The molecule has 2 aliphatic rings. The lowest BCUT2D eigenvalue weighted by Gasteiger charge is -2.40. The summed E-state index contributed by atoms with van der Waals surface area (Å²) in [5.41, 5.74) is -0.442. The van der Waals surface area contributed by atoms with Crippen LogP contribution in [-0.4, -0.2) is 79.8 Å². The fourth-order valence-electron chi connectivity index (χ4n) is 3.11. The number of carbonyl (C=O) groups is 1. The molecule has 2 aliphatic heterocycles. The van der Waals surface area contributed by atoms with Gasteiger partial charge in [-0.15, -0.1) is 0 Å². The maximum absolute atomic E-state index is 11.9. The van der Waals surface area contributed by atoms with Crippen LogP contribution in [-0.2, 0) is 4.74 Å². The molecule has 7 heteroatoms. The first-order valence-corrected chi connectivity index (χ1v) is 9.55. The van der Waals surface area contributed by atoms with Crippen molar-refractivity contribution in [2.24, 2.45) is 4.99 Å². The molecule has 25 heavy (non-hydrogen) atoms. The second kappa shape index (κ2) is 9.27. The Bertz CT molecular complexity index is 449. The van der Waals surface area contributed by atoms with Gasteiger partial charge in [0.1, 0.15) is 5.60 Å². The van der Waals surface area contributed by atoms with Crippen LogP contribution in [0.4, 0.5) is 4.79 Å². The standard InChI is InChI=1S/C18H35N5O2/c1-18(2,3)25-17(24)23-13-15(14-23)21-16(19-4)20-9-5-6-10-22-11-7-8-12-22/h15H,5-14H2,1-4H3,(H2,19,20,21). The number of ether oxygens (including phenoxy) is 1. The Morgan fingerprint density at radius 2 is 1.88 bits per heavy atom. The van der Waals surface area contributed by atoms with E-state index in [4.69, 9.17) is 4.74 Å². The number of aliphatic imine (C=N–C) groups is 1. The molecule has 0 aromatic rings. The van der Waals surface area contributed by atoms with Gasteiger partial charge >= 0.3 is 6.09 Å². The third-order valence-corrected chi connectivity index (χ3v) is 4.49. The van der Waals surface area contributed by atoms with E-state index in [1.165, 1.54) is 38.9 Å². The summed E-state index contributed by atoms with van der Waals surface area (Å²) in [5.74, 6) is 0.815. The molecule has 2 rings (SSSR count). The number of hydrogen-bond donors (Lipinski definition) is 2. The highest BCUT2D eigenvalue weighted by Gasteiger charge is 2.34. The molecule has 2 saturated heterocycles. The largest absolute Gasteiger partial charge is 0.444 e. The molecule has 0 saturated carbocycles. The number of nitrogens with one attached hydrogen (secondary N) is 2. The first-order valence-electron chi connectivity index (χ1n) is 9.55. The van der Waals surface area contributed by atoms with Gasteiger partial charge in [0.15, 0.2) is 5.96 Å². The summed E-state index contributed by atoms with van der Waals surface area (Å²) in [6.45, 7) is 11.6. The third kappa shape index (κ3) is 7.10. The quantitative estimate of drug-likeness (QED) is 0.432. The van der Waals surface area contributed by atoms with Gasteiger partial charge in [-0.05, 0) is 66.1 Å². The monoisotopic (exact) mass is 353 g/mol. The molecule has 1 amide bonds. The molecule has 0 spiro atoms. The van der Waals surface area contributed by atoms with E-state index in [1.807, 2.05) is 20.8 Å². The van der Waals surface area contributed by atoms with Crippen LogP contribution in [0.25, 0.3) is 0 Å². The van der Waals surface area contributed by atoms with Crippen LogP contribution >= 0.6 is 0 Å². The Balaban J connectivity index is 1.54. The summed E-state index contributed by atoms with van der Waals surface area (Å²) in [6.07, 6.45) is 4.84. The number of carbonyl (C=O) groups excluding carboxylic acids is 1. The van der Waals surface area contributed by atoms with Crippen molar-refractivity contribution in [2.75, 3.05) is 46.3 Å². The maximum atomic E-state index is 11.9. The predicted molar refractivity (Wildman–Crippen MR) is 101 cm³/mol. The highest BCUT2D eigenvalue weighted by atomic mass is 16.6. The first-order chi connectivity index (χ1) is 11.9. The van der Waals surface area contributed by atoms with Crippen molar-refractivity contribution in [3.8, 4) is 0 Å². The van der Waals surface area contributed by atoms with Gasteiger partial charge in [0.25, 0.3) is 0 Å². The molecule has 144 valence electrons. The van der Waals surface area contributed by atoms with E-state index in [1.54, 1.807) is 11.9 Å². The van der Waals surface area contributed by atoms with Crippen molar-refractivity contribution in [1.82, 2.24) is 20.4 Å². The Morgan fingerprint density at radius 1 is 1.20 bits per heavy atom. The smallest absolute Gasteiger partial charge is 0.410 e. The topological polar surface area (TPSA) is 69.2 Å². The number of hydrogen-bond acceptors (Lipinski definition) is 4. The minimum absolute atomic E-state index is 0.239. The van der Waals surface area contributed by atoms with Gasteiger partial charge in [0.2, 0.25) is 0 Å². The summed E-state index contributed by atoms with van der Waals surface area (Å²) in [4.78, 5) is 20.4. The zero-order valence-corrected chi connectivity index (χ0v) is 16.3. The summed E-state index contributed by atoms with van der Waals surface area (Å²) < 4.78 is 5.36. The second-order valence-corrected chi connectivity index (χ2v) is 7.98. The lowest BCUT2D eigenvalue weighted by atomic mass is 10.1. The number of guanidine groups is 1. The van der Waals surface area contributed by atoms with E-state index in [-0.39, 0.29) is 12.1 Å². The van der Waals surface area contributed by atoms with Crippen molar-refractivity contribution in [2.45, 2.75) is 58.1 Å². The van der Waals surface area contributed by atoms with Gasteiger partial charge in [0, 0.05) is 26.7 Å². The van der Waals surface area contributed by atoms with Crippen molar-refractivity contribution >= 4 is 12.1 Å². The van der Waals surface area contributed by atoms with E-state index < -0.39 is 5.60 Å². The van der Waals surface area contributed by atoms with Gasteiger partial charge in [-0.1, -0.05) is 0 Å². The van der Waals surface area contributed by atoms with E-state index in [0.717, 1.165) is 18.9 Å². The van der Waals surface area contributed by atoms with Gasteiger partial charge in [0.05, 0.1) is 6.04 Å². The van der Waals surface area contributed by atoms with E-state index in [2.05, 4.69) is 20.5 Å². The van der Waals surface area contributed by atoms with Crippen molar-refractivity contribution in [3.63, 3.8) is 0 Å². The van der Waals surface area contributed by atoms with Crippen LogP contribution in [0.2, 0.25) is 0 Å². The molecule has 0 aliphatic carbocycles. The minimum Gasteiger partial charge on any atom is -0.444 e. The zero-order chi connectivity index (χ0) is 18.3. The molecule has 0 bridgehead atoms. The number of amides is 1. The van der Waals surface area contributed by atoms with Crippen molar-refractivity contribution in [3.05, 3.63) is 0 Å². The van der Waals surface area contributed by atoms with Crippen LogP contribution in [0.1, 0.15) is 46.5 Å². The van der Waals surface area contributed by atoms with E-state index in [0.29, 0.717) is 13.1 Å². The molecule has 0 radical (unpaired) electrons. The fraction of sp³-hybridized carbons (Fsp3) is 0.889. The molecular formula is C18H35N5O2. The van der Waals surface area contributed by atoms with Crippen LogP contribution in [0.5, 0.6) is 0 Å². The Labute approximate surface area is 152 Å². The van der Waals surface area contributed by atoms with Crippen LogP contribution in [0.3, 0.4) is 0 Å². The summed E-state index contributed by atoms with van der Waals surface area (Å²) in [7, 11) is 1.78. The minimum atomic E-state index is -0.442. The lowest BCUT2D eigenvalue weighted by molar-refractivity contribution is 0.00701. The third-order valence-electron chi connectivity index (χ3n) is 4.49. The van der Waals surface area contributed by atoms with Gasteiger partial charge in [-0.2, -0.15) is 0 Å². The van der Waals surface area contributed by atoms with Crippen LogP contribution < -0.4 is 10.6 Å². The Hall–Kier alpha value is -1.50. The summed E-state index contributed by atoms with van der Waals surface area (Å²) >= 11 is 0. The predicted octanol–water partition coefficient (Wildman–Crippen LogP) is 1.65. The van der Waals surface area contributed by atoms with E-state index in [9.17, 15) is 4.79 Å². The molecule has 2 N–H and O–H groups in total. The highest BCUT2D eigenvalue weighted by molar-refractivity contribution is 5.80. The fourth-order valence-corrected chi connectivity index (χ4v) is 3.11. The Morgan fingerprint density at radius 3 is 2.48 bits per heavy atom. The lowest BCUT2D eigenvalue weighted by Crippen LogP contribution is -2.63. The first kappa shape index (κ1) is 19.8. The number of unbranched alkanes of at least 4 members (excludes halogenated alkanes) is 1. The Kier molecular flexibility index (Phi) is 7.35. The highest BCUT2D eigenvalue weighted by Crippen LogP contribution is 2.15. The van der Waals surface area contributed by atoms with Crippen LogP contribution in [0, 0.1) is 0 Å². The normalized spacial score (nSPS) is 19.7. The van der Waals surface area contributed by atoms with Crippen LogP contribution in [0.15, 0.2) is 4.99 Å². The number of rotatable bonds is 6. The average molecular weight is 354 g/mol. The summed E-state index contributed by atoms with van der Waals surface area (Å²) in [6, 6.07) is 0.239. The molecule has 0 atom stereocenters. The average Bonchev–Trinajstić information content (AvgIpc) is 2.99. The molecule has 0 unspecified atom stereocenters. The van der Waals surface area contributed by atoms with Gasteiger partial charge in [-0.3, -0.25) is 4.99 Å². The van der Waals surface area contributed by atoms with Gasteiger partial charge in [-0.25, -0.2) is 4.79 Å². The molecular weight excluding hydrogens is 318 g/mol. The summed E-state index contributed by atoms with van der Waals surface area (Å²) in [5, 5.41) is 6.72. The molecule has 2 fully saturated rings. The zero-order valence-electron chi connectivity index (χ0n) is 16.3. The molecule has 0 aromatic carbocycles. The van der Waals surface area contributed by atoms with Crippen molar-refractivity contribution in [1.29, 1.82) is 0 Å². The van der Waals surface area contributed by atoms with Gasteiger partial charge < -0.3 is 25.2 Å². The molecule has 0 aromatic heterocycles. The molecule has 2 heterocycles. The van der Waals surface area contributed by atoms with Crippen molar-refractivity contribution < 1.29 is 9.53 Å².